The first-order valence-corrected chi connectivity index (χ1v) is 8.24. The predicted molar refractivity (Wildman–Crippen MR) is 97.8 cm³/mol. The summed E-state index contributed by atoms with van der Waals surface area (Å²) in [4.78, 5) is 14.3. The highest BCUT2D eigenvalue weighted by Gasteiger charge is 2.10. The molecular formula is C19H23N3O2. The number of aryl methyl sites for hydroxylation is 1. The van der Waals surface area contributed by atoms with Crippen LogP contribution in [-0.4, -0.2) is 38.8 Å². The van der Waals surface area contributed by atoms with Crippen molar-refractivity contribution in [3.8, 4) is 0 Å². The Morgan fingerprint density at radius 3 is 2.29 bits per heavy atom. The number of hydrogen-bond donors (Lipinski definition) is 2. The minimum Gasteiger partial charge on any atom is -0.378 e. The van der Waals surface area contributed by atoms with Crippen LogP contribution in [0.2, 0.25) is 0 Å². The lowest BCUT2D eigenvalue weighted by Gasteiger charge is -2.28. The number of morpholine rings is 1. The molecule has 1 fully saturated rings. The van der Waals surface area contributed by atoms with Crippen LogP contribution in [-0.2, 0) is 9.53 Å². The molecule has 2 aromatic rings. The van der Waals surface area contributed by atoms with E-state index >= 15 is 0 Å². The van der Waals surface area contributed by atoms with Gasteiger partial charge in [0.1, 0.15) is 0 Å². The number of carbonyl (C=O) groups is 1. The zero-order valence-electron chi connectivity index (χ0n) is 13.9. The molecule has 0 spiro atoms. The monoisotopic (exact) mass is 325 g/mol. The Morgan fingerprint density at radius 1 is 1.00 bits per heavy atom. The Morgan fingerprint density at radius 2 is 1.62 bits per heavy atom. The van der Waals surface area contributed by atoms with Gasteiger partial charge in [-0.3, -0.25) is 4.79 Å². The molecule has 126 valence electrons. The Labute approximate surface area is 142 Å². The minimum absolute atomic E-state index is 0.0592. The number of carbonyl (C=O) groups excluding carboxylic acids is 1. The van der Waals surface area contributed by atoms with Gasteiger partial charge in [-0.05, 0) is 43.3 Å². The van der Waals surface area contributed by atoms with E-state index < -0.39 is 0 Å². The van der Waals surface area contributed by atoms with Crippen molar-refractivity contribution in [2.24, 2.45) is 0 Å². The predicted octanol–water partition coefficient (Wildman–Crippen LogP) is 2.88. The highest BCUT2D eigenvalue weighted by molar-refractivity contribution is 5.93. The van der Waals surface area contributed by atoms with Crippen molar-refractivity contribution in [1.82, 2.24) is 0 Å². The van der Waals surface area contributed by atoms with Crippen molar-refractivity contribution in [1.29, 1.82) is 0 Å². The molecule has 0 bridgehead atoms. The number of nitrogens with zero attached hydrogens (tertiary/aromatic N) is 1. The third-order valence-corrected chi connectivity index (χ3v) is 4.03. The van der Waals surface area contributed by atoms with E-state index in [0.717, 1.165) is 37.7 Å². The minimum atomic E-state index is -0.0592. The molecule has 1 heterocycles. The summed E-state index contributed by atoms with van der Waals surface area (Å²) in [6.07, 6.45) is 0. The second-order valence-corrected chi connectivity index (χ2v) is 5.91. The van der Waals surface area contributed by atoms with Crippen LogP contribution >= 0.6 is 0 Å². The van der Waals surface area contributed by atoms with Gasteiger partial charge in [0.2, 0.25) is 5.91 Å². The summed E-state index contributed by atoms with van der Waals surface area (Å²) < 4.78 is 5.37. The topological polar surface area (TPSA) is 53.6 Å². The highest BCUT2D eigenvalue weighted by Crippen LogP contribution is 2.19. The summed E-state index contributed by atoms with van der Waals surface area (Å²) >= 11 is 0. The second kappa shape index (κ2) is 7.84. The van der Waals surface area contributed by atoms with E-state index in [2.05, 4.69) is 27.7 Å². The molecule has 1 amide bonds. The van der Waals surface area contributed by atoms with Crippen molar-refractivity contribution in [3.05, 3.63) is 54.1 Å². The van der Waals surface area contributed by atoms with Crippen LogP contribution in [0.5, 0.6) is 0 Å². The lowest BCUT2D eigenvalue weighted by Crippen LogP contribution is -2.36. The number of ether oxygens (including phenoxy) is 1. The first-order valence-electron chi connectivity index (χ1n) is 8.24. The van der Waals surface area contributed by atoms with Crippen molar-refractivity contribution in [2.45, 2.75) is 6.92 Å². The van der Waals surface area contributed by atoms with Crippen LogP contribution in [0.25, 0.3) is 0 Å². The van der Waals surface area contributed by atoms with Crippen LogP contribution in [0.15, 0.2) is 48.5 Å². The molecule has 24 heavy (non-hydrogen) atoms. The first-order chi connectivity index (χ1) is 11.7. The van der Waals surface area contributed by atoms with E-state index in [9.17, 15) is 4.79 Å². The van der Waals surface area contributed by atoms with Gasteiger partial charge < -0.3 is 20.3 Å². The van der Waals surface area contributed by atoms with Crippen LogP contribution in [0, 0.1) is 6.92 Å². The maximum absolute atomic E-state index is 12.0. The molecule has 2 aromatic carbocycles. The number of anilines is 3. The summed E-state index contributed by atoms with van der Waals surface area (Å²) in [5.74, 6) is -0.0592. The van der Waals surface area contributed by atoms with E-state index in [-0.39, 0.29) is 12.5 Å². The van der Waals surface area contributed by atoms with E-state index in [0.29, 0.717) is 0 Å². The largest absolute Gasteiger partial charge is 0.378 e. The molecule has 5 heteroatoms. The van der Waals surface area contributed by atoms with Gasteiger partial charge in [-0.1, -0.05) is 17.7 Å². The fraction of sp³-hybridized carbons (Fsp3) is 0.316. The molecule has 1 saturated heterocycles. The molecule has 0 aliphatic carbocycles. The lowest BCUT2D eigenvalue weighted by atomic mass is 10.2. The maximum Gasteiger partial charge on any atom is 0.243 e. The Hall–Kier alpha value is -2.53. The van der Waals surface area contributed by atoms with Crippen molar-refractivity contribution in [2.75, 3.05) is 48.4 Å². The molecule has 0 aromatic heterocycles. The van der Waals surface area contributed by atoms with Gasteiger partial charge in [0.25, 0.3) is 0 Å². The summed E-state index contributed by atoms with van der Waals surface area (Å²) in [5, 5.41) is 6.03. The fourth-order valence-electron chi connectivity index (χ4n) is 2.64. The lowest BCUT2D eigenvalue weighted by molar-refractivity contribution is -0.114. The molecule has 0 unspecified atom stereocenters. The molecular weight excluding hydrogens is 302 g/mol. The number of benzene rings is 2. The van der Waals surface area contributed by atoms with E-state index in [1.54, 1.807) is 0 Å². The van der Waals surface area contributed by atoms with Gasteiger partial charge in [-0.15, -0.1) is 0 Å². The van der Waals surface area contributed by atoms with Gasteiger partial charge in [0.05, 0.1) is 19.8 Å². The maximum atomic E-state index is 12.0. The van der Waals surface area contributed by atoms with Crippen LogP contribution in [0.4, 0.5) is 17.1 Å². The van der Waals surface area contributed by atoms with Gasteiger partial charge in [0.15, 0.2) is 0 Å². The second-order valence-electron chi connectivity index (χ2n) is 5.91. The molecule has 2 N–H and O–H groups in total. The van der Waals surface area contributed by atoms with E-state index in [1.165, 1.54) is 11.3 Å². The molecule has 3 rings (SSSR count). The van der Waals surface area contributed by atoms with Crippen LogP contribution in [0.1, 0.15) is 5.56 Å². The van der Waals surface area contributed by atoms with Crippen molar-refractivity contribution < 1.29 is 9.53 Å². The fourth-order valence-corrected chi connectivity index (χ4v) is 2.64. The van der Waals surface area contributed by atoms with Crippen molar-refractivity contribution >= 4 is 23.0 Å². The van der Waals surface area contributed by atoms with E-state index in [1.807, 2.05) is 43.3 Å². The van der Waals surface area contributed by atoms with Crippen molar-refractivity contribution in [3.63, 3.8) is 0 Å². The summed E-state index contributed by atoms with van der Waals surface area (Å²) in [6.45, 7) is 5.66. The summed E-state index contributed by atoms with van der Waals surface area (Å²) in [7, 11) is 0. The van der Waals surface area contributed by atoms with Gasteiger partial charge in [-0.2, -0.15) is 0 Å². The Kier molecular flexibility index (Phi) is 5.33. The molecule has 0 radical (unpaired) electrons. The van der Waals surface area contributed by atoms with Crippen LogP contribution < -0.4 is 15.5 Å². The number of nitrogens with one attached hydrogen (secondary N) is 2. The molecule has 5 nitrogen and oxygen atoms in total. The normalized spacial score (nSPS) is 14.3. The molecule has 1 aliphatic rings. The summed E-state index contributed by atoms with van der Waals surface area (Å²) in [5.41, 5.74) is 4.11. The van der Waals surface area contributed by atoms with Gasteiger partial charge in [-0.25, -0.2) is 0 Å². The number of amides is 1. The Bertz CT molecular complexity index is 662. The van der Waals surface area contributed by atoms with Crippen LogP contribution in [0.3, 0.4) is 0 Å². The zero-order chi connectivity index (χ0) is 16.8. The Balaban J connectivity index is 1.49. The van der Waals surface area contributed by atoms with E-state index in [4.69, 9.17) is 4.74 Å². The number of hydrogen-bond acceptors (Lipinski definition) is 4. The SMILES string of the molecule is Cc1ccc(NC(=O)CNc2ccc(N3CCOCC3)cc2)cc1. The average Bonchev–Trinajstić information content (AvgIpc) is 2.63. The molecule has 0 atom stereocenters. The third kappa shape index (κ3) is 4.49. The quantitative estimate of drug-likeness (QED) is 0.887. The van der Waals surface area contributed by atoms with Gasteiger partial charge in [0, 0.05) is 30.2 Å². The molecule has 1 aliphatic heterocycles. The van der Waals surface area contributed by atoms with Gasteiger partial charge >= 0.3 is 0 Å². The zero-order valence-corrected chi connectivity index (χ0v) is 13.9. The number of rotatable bonds is 5. The summed E-state index contributed by atoms with van der Waals surface area (Å²) in [6, 6.07) is 15.9. The first kappa shape index (κ1) is 16.3. The average molecular weight is 325 g/mol. The third-order valence-electron chi connectivity index (χ3n) is 4.03. The standard InChI is InChI=1S/C19H23N3O2/c1-15-2-4-17(5-3-15)21-19(23)14-20-16-6-8-18(9-7-16)22-10-12-24-13-11-22/h2-9,20H,10-14H2,1H3,(H,21,23). The smallest absolute Gasteiger partial charge is 0.243 e. The highest BCUT2D eigenvalue weighted by atomic mass is 16.5. The molecule has 0 saturated carbocycles.